The lowest BCUT2D eigenvalue weighted by atomic mass is 10.1. The maximum atomic E-state index is 6.17. The Morgan fingerprint density at radius 2 is 2.00 bits per heavy atom. The van der Waals surface area contributed by atoms with Gasteiger partial charge in [0.05, 0.1) is 18.8 Å². The average Bonchev–Trinajstić information content (AvgIpc) is 2.80. The van der Waals surface area contributed by atoms with Gasteiger partial charge < -0.3 is 14.8 Å². The molecule has 18 heavy (non-hydrogen) atoms. The van der Waals surface area contributed by atoms with Crippen LogP contribution in [0, 0.1) is 0 Å². The van der Waals surface area contributed by atoms with E-state index in [2.05, 4.69) is 12.2 Å². The number of ether oxygens (including phenoxy) is 2. The quantitative estimate of drug-likeness (QED) is 0.740. The van der Waals surface area contributed by atoms with E-state index in [4.69, 9.17) is 9.47 Å². The first-order chi connectivity index (χ1) is 8.90. The first-order valence-electron chi connectivity index (χ1n) is 7.86. The van der Waals surface area contributed by atoms with Crippen LogP contribution in [0.15, 0.2) is 0 Å². The number of rotatable bonds is 6. The van der Waals surface area contributed by atoms with Gasteiger partial charge in [-0.3, -0.25) is 0 Å². The molecule has 1 saturated heterocycles. The van der Waals surface area contributed by atoms with Crippen LogP contribution in [0.4, 0.5) is 0 Å². The first kappa shape index (κ1) is 14.3. The molecule has 2 rings (SSSR count). The lowest BCUT2D eigenvalue weighted by molar-refractivity contribution is -0.0359. The van der Waals surface area contributed by atoms with E-state index >= 15 is 0 Å². The van der Waals surface area contributed by atoms with Crippen molar-refractivity contribution in [2.24, 2.45) is 0 Å². The number of hydrogen-bond acceptors (Lipinski definition) is 3. The summed E-state index contributed by atoms with van der Waals surface area (Å²) in [7, 11) is 0. The molecule has 1 aliphatic carbocycles. The molecular formula is C15H29NO2. The minimum Gasteiger partial charge on any atom is -0.376 e. The van der Waals surface area contributed by atoms with Gasteiger partial charge in [0.25, 0.3) is 0 Å². The van der Waals surface area contributed by atoms with E-state index in [0.717, 1.165) is 19.8 Å². The van der Waals surface area contributed by atoms with Crippen LogP contribution in [0.3, 0.4) is 0 Å². The zero-order valence-corrected chi connectivity index (χ0v) is 11.8. The molecular weight excluding hydrogens is 226 g/mol. The van der Waals surface area contributed by atoms with Gasteiger partial charge in [-0.25, -0.2) is 0 Å². The van der Waals surface area contributed by atoms with Crippen LogP contribution in [0.2, 0.25) is 0 Å². The van der Waals surface area contributed by atoms with Crippen molar-refractivity contribution in [3.8, 4) is 0 Å². The molecule has 0 aromatic carbocycles. The summed E-state index contributed by atoms with van der Waals surface area (Å²) in [4.78, 5) is 0. The van der Waals surface area contributed by atoms with E-state index in [1.807, 2.05) is 0 Å². The fraction of sp³-hybridized carbons (Fsp3) is 1.00. The van der Waals surface area contributed by atoms with Gasteiger partial charge >= 0.3 is 0 Å². The molecule has 1 saturated carbocycles. The highest BCUT2D eigenvalue weighted by atomic mass is 16.5. The molecule has 0 amide bonds. The van der Waals surface area contributed by atoms with E-state index in [1.54, 1.807) is 0 Å². The molecule has 0 bridgehead atoms. The van der Waals surface area contributed by atoms with Gasteiger partial charge in [0, 0.05) is 12.6 Å². The van der Waals surface area contributed by atoms with Crippen LogP contribution in [0.5, 0.6) is 0 Å². The molecule has 1 heterocycles. The number of hydrogen-bond donors (Lipinski definition) is 1. The zero-order chi connectivity index (χ0) is 12.6. The van der Waals surface area contributed by atoms with Crippen molar-refractivity contribution in [1.82, 2.24) is 5.32 Å². The molecule has 0 spiro atoms. The maximum Gasteiger partial charge on any atom is 0.0809 e. The molecule has 0 radical (unpaired) electrons. The molecule has 106 valence electrons. The zero-order valence-electron chi connectivity index (χ0n) is 11.8. The lowest BCUT2D eigenvalue weighted by Crippen LogP contribution is -2.42. The third-order valence-corrected chi connectivity index (χ3v) is 4.13. The Kier molecular flexibility index (Phi) is 6.46. The largest absolute Gasteiger partial charge is 0.376 e. The Bertz CT molecular complexity index is 217. The van der Waals surface area contributed by atoms with E-state index in [9.17, 15) is 0 Å². The van der Waals surface area contributed by atoms with Crippen LogP contribution < -0.4 is 5.32 Å². The van der Waals surface area contributed by atoms with Crippen molar-refractivity contribution in [2.75, 3.05) is 19.8 Å². The highest BCUT2D eigenvalue weighted by molar-refractivity contribution is 4.81. The second-order valence-electron chi connectivity index (χ2n) is 5.71. The van der Waals surface area contributed by atoms with Gasteiger partial charge in [-0.1, -0.05) is 26.2 Å². The maximum absolute atomic E-state index is 6.17. The summed E-state index contributed by atoms with van der Waals surface area (Å²) in [5, 5.41) is 3.67. The van der Waals surface area contributed by atoms with Gasteiger partial charge in [-0.2, -0.15) is 0 Å². The summed E-state index contributed by atoms with van der Waals surface area (Å²) in [6.45, 7) is 5.07. The molecule has 0 aromatic rings. The van der Waals surface area contributed by atoms with E-state index in [1.165, 1.54) is 51.4 Å². The molecule has 2 fully saturated rings. The summed E-state index contributed by atoms with van der Waals surface area (Å²) in [5.74, 6) is 0. The van der Waals surface area contributed by atoms with E-state index in [0.29, 0.717) is 18.2 Å². The third kappa shape index (κ3) is 4.52. The van der Waals surface area contributed by atoms with Gasteiger partial charge in [0.2, 0.25) is 0 Å². The molecule has 0 aromatic heterocycles. The molecule has 3 atom stereocenters. The summed E-state index contributed by atoms with van der Waals surface area (Å²) in [6, 6.07) is 0.564. The van der Waals surface area contributed by atoms with Crippen molar-refractivity contribution >= 4 is 0 Å². The summed E-state index contributed by atoms with van der Waals surface area (Å²) in [6.07, 6.45) is 10.9. The van der Waals surface area contributed by atoms with Gasteiger partial charge in [-0.05, 0) is 38.6 Å². The smallest absolute Gasteiger partial charge is 0.0809 e. The van der Waals surface area contributed by atoms with Gasteiger partial charge in [-0.15, -0.1) is 0 Å². The first-order valence-corrected chi connectivity index (χ1v) is 7.86. The average molecular weight is 255 g/mol. The molecule has 3 nitrogen and oxygen atoms in total. The molecule has 1 aliphatic heterocycles. The molecule has 1 N–H and O–H groups in total. The fourth-order valence-electron chi connectivity index (χ4n) is 3.04. The van der Waals surface area contributed by atoms with Crippen LogP contribution in [-0.4, -0.2) is 38.0 Å². The minimum absolute atomic E-state index is 0.361. The van der Waals surface area contributed by atoms with Crippen molar-refractivity contribution in [3.05, 3.63) is 0 Å². The Morgan fingerprint density at radius 3 is 2.78 bits per heavy atom. The van der Waals surface area contributed by atoms with Crippen LogP contribution in [-0.2, 0) is 9.47 Å². The standard InChI is InChI=1S/C15H29NO2/c1-2-10-16-14-8-4-3-5-9-15(14)18-12-13-7-6-11-17-13/h13-16H,2-12H2,1H3. The van der Waals surface area contributed by atoms with E-state index < -0.39 is 0 Å². The summed E-state index contributed by atoms with van der Waals surface area (Å²) >= 11 is 0. The van der Waals surface area contributed by atoms with Crippen LogP contribution >= 0.6 is 0 Å². The van der Waals surface area contributed by atoms with Crippen molar-refractivity contribution in [2.45, 2.75) is 76.5 Å². The predicted octanol–water partition coefficient (Wildman–Crippen LogP) is 2.88. The highest BCUT2D eigenvalue weighted by Crippen LogP contribution is 2.22. The Balaban J connectivity index is 1.76. The lowest BCUT2D eigenvalue weighted by Gasteiger charge is -2.27. The Labute approximate surface area is 112 Å². The van der Waals surface area contributed by atoms with E-state index in [-0.39, 0.29) is 0 Å². The minimum atomic E-state index is 0.361. The summed E-state index contributed by atoms with van der Waals surface area (Å²) in [5.41, 5.74) is 0. The van der Waals surface area contributed by atoms with Crippen LogP contribution in [0.25, 0.3) is 0 Å². The Morgan fingerprint density at radius 1 is 1.11 bits per heavy atom. The highest BCUT2D eigenvalue weighted by Gasteiger charge is 2.25. The summed E-state index contributed by atoms with van der Waals surface area (Å²) < 4.78 is 11.8. The second-order valence-corrected chi connectivity index (χ2v) is 5.71. The normalized spacial score (nSPS) is 33.5. The molecule has 3 unspecified atom stereocenters. The van der Waals surface area contributed by atoms with Crippen LogP contribution in [0.1, 0.15) is 58.3 Å². The topological polar surface area (TPSA) is 30.5 Å². The van der Waals surface area contributed by atoms with Gasteiger partial charge in [0.15, 0.2) is 0 Å². The molecule has 2 aliphatic rings. The predicted molar refractivity (Wildman–Crippen MR) is 73.9 cm³/mol. The second kappa shape index (κ2) is 8.13. The van der Waals surface area contributed by atoms with Crippen molar-refractivity contribution in [3.63, 3.8) is 0 Å². The van der Waals surface area contributed by atoms with Gasteiger partial charge in [0.1, 0.15) is 0 Å². The number of nitrogens with one attached hydrogen (secondary N) is 1. The van der Waals surface area contributed by atoms with Crippen molar-refractivity contribution < 1.29 is 9.47 Å². The van der Waals surface area contributed by atoms with Crippen molar-refractivity contribution in [1.29, 1.82) is 0 Å². The fourth-order valence-corrected chi connectivity index (χ4v) is 3.04. The third-order valence-electron chi connectivity index (χ3n) is 4.13. The monoisotopic (exact) mass is 255 g/mol. The Hall–Kier alpha value is -0.120. The SMILES string of the molecule is CCCNC1CCCCCC1OCC1CCCO1. The molecule has 3 heteroatoms.